The molecule has 1 saturated heterocycles. The number of nitrogens with one attached hydrogen (secondary N) is 2. The van der Waals surface area contributed by atoms with Crippen molar-refractivity contribution in [1.82, 2.24) is 5.32 Å². The summed E-state index contributed by atoms with van der Waals surface area (Å²) in [7, 11) is 0. The quantitative estimate of drug-likeness (QED) is 0.755. The van der Waals surface area contributed by atoms with Crippen molar-refractivity contribution in [2.24, 2.45) is 0 Å². The fourth-order valence-corrected chi connectivity index (χ4v) is 3.33. The minimum Gasteiger partial charge on any atom is -0.378 e. The second-order valence-electron chi connectivity index (χ2n) is 6.46. The van der Waals surface area contributed by atoms with E-state index in [1.165, 1.54) is 0 Å². The SMILES string of the molecule is CC(NC(=O)CNc1cc(Cl)ccc1N1CCOCC1)c1ccc(Cl)cc1. The van der Waals surface area contributed by atoms with Gasteiger partial charge in [0.05, 0.1) is 37.2 Å². The summed E-state index contributed by atoms with van der Waals surface area (Å²) in [5, 5.41) is 7.51. The molecule has 7 heteroatoms. The summed E-state index contributed by atoms with van der Waals surface area (Å²) >= 11 is 12.1. The molecule has 1 aliphatic rings. The van der Waals surface area contributed by atoms with Crippen LogP contribution < -0.4 is 15.5 Å². The number of hydrogen-bond donors (Lipinski definition) is 2. The van der Waals surface area contributed by atoms with Crippen molar-refractivity contribution >= 4 is 40.5 Å². The van der Waals surface area contributed by atoms with E-state index in [1.54, 1.807) is 0 Å². The second kappa shape index (κ2) is 9.31. The van der Waals surface area contributed by atoms with Crippen LogP contribution >= 0.6 is 23.2 Å². The van der Waals surface area contributed by atoms with E-state index in [0.29, 0.717) is 23.3 Å². The predicted octanol–water partition coefficient (Wildman–Crippen LogP) is 4.12. The zero-order valence-corrected chi connectivity index (χ0v) is 16.7. The summed E-state index contributed by atoms with van der Waals surface area (Å²) in [5.41, 5.74) is 2.88. The molecule has 144 valence electrons. The van der Waals surface area contributed by atoms with Crippen molar-refractivity contribution < 1.29 is 9.53 Å². The lowest BCUT2D eigenvalue weighted by molar-refractivity contribution is -0.120. The highest BCUT2D eigenvalue weighted by Crippen LogP contribution is 2.29. The number of carbonyl (C=O) groups excluding carboxylic acids is 1. The van der Waals surface area contributed by atoms with Gasteiger partial charge in [-0.25, -0.2) is 0 Å². The van der Waals surface area contributed by atoms with Gasteiger partial charge in [-0.3, -0.25) is 4.79 Å². The molecule has 0 aromatic heterocycles. The molecule has 1 atom stereocenters. The van der Waals surface area contributed by atoms with Gasteiger partial charge >= 0.3 is 0 Å². The van der Waals surface area contributed by atoms with Crippen molar-refractivity contribution in [3.05, 3.63) is 58.1 Å². The number of halogens is 2. The first-order valence-corrected chi connectivity index (χ1v) is 9.69. The monoisotopic (exact) mass is 407 g/mol. The van der Waals surface area contributed by atoms with Crippen LogP contribution in [0.15, 0.2) is 42.5 Å². The Labute approximate surface area is 169 Å². The zero-order valence-electron chi connectivity index (χ0n) is 15.2. The lowest BCUT2D eigenvalue weighted by Gasteiger charge is -2.30. The highest BCUT2D eigenvalue weighted by atomic mass is 35.5. The molecule has 1 fully saturated rings. The van der Waals surface area contributed by atoms with E-state index in [2.05, 4.69) is 15.5 Å². The molecular weight excluding hydrogens is 385 g/mol. The summed E-state index contributed by atoms with van der Waals surface area (Å²) in [6.07, 6.45) is 0. The van der Waals surface area contributed by atoms with Crippen LogP contribution in [0.4, 0.5) is 11.4 Å². The van der Waals surface area contributed by atoms with Crippen LogP contribution in [0.2, 0.25) is 10.0 Å². The number of carbonyl (C=O) groups is 1. The largest absolute Gasteiger partial charge is 0.378 e. The van der Waals surface area contributed by atoms with E-state index < -0.39 is 0 Å². The first-order valence-electron chi connectivity index (χ1n) is 8.94. The number of rotatable bonds is 6. The molecule has 27 heavy (non-hydrogen) atoms. The van der Waals surface area contributed by atoms with Crippen LogP contribution in [0.3, 0.4) is 0 Å². The number of benzene rings is 2. The molecule has 0 aliphatic carbocycles. The zero-order chi connectivity index (χ0) is 19.2. The Morgan fingerprint density at radius 2 is 1.78 bits per heavy atom. The van der Waals surface area contributed by atoms with Gasteiger partial charge < -0.3 is 20.3 Å². The molecule has 5 nitrogen and oxygen atoms in total. The average Bonchev–Trinajstić information content (AvgIpc) is 2.67. The molecule has 3 rings (SSSR count). The van der Waals surface area contributed by atoms with Gasteiger partial charge in [0, 0.05) is 23.1 Å². The number of anilines is 2. The van der Waals surface area contributed by atoms with Crippen molar-refractivity contribution in [1.29, 1.82) is 0 Å². The maximum atomic E-state index is 12.4. The Balaban J connectivity index is 1.61. The molecule has 0 radical (unpaired) electrons. The first kappa shape index (κ1) is 19.8. The fourth-order valence-electron chi connectivity index (χ4n) is 3.03. The highest BCUT2D eigenvalue weighted by molar-refractivity contribution is 6.31. The van der Waals surface area contributed by atoms with E-state index in [1.807, 2.05) is 49.4 Å². The molecule has 1 aliphatic heterocycles. The Bertz CT molecular complexity index is 777. The molecule has 1 amide bonds. The predicted molar refractivity (Wildman–Crippen MR) is 111 cm³/mol. The van der Waals surface area contributed by atoms with Gasteiger partial charge in [0.2, 0.25) is 5.91 Å². The first-order chi connectivity index (χ1) is 13.0. The minimum absolute atomic E-state index is 0.0923. The average molecular weight is 408 g/mol. The Kier molecular flexibility index (Phi) is 6.83. The van der Waals surface area contributed by atoms with E-state index in [0.717, 1.165) is 30.0 Å². The lowest BCUT2D eigenvalue weighted by Crippen LogP contribution is -2.37. The van der Waals surface area contributed by atoms with Gasteiger partial charge in [-0.1, -0.05) is 35.3 Å². The third-order valence-corrected chi connectivity index (χ3v) is 4.98. The number of hydrogen-bond acceptors (Lipinski definition) is 4. The molecule has 0 spiro atoms. The standard InChI is InChI=1S/C20H23Cl2N3O2/c1-14(15-2-4-16(21)5-3-15)24-20(26)13-23-18-12-17(22)6-7-19(18)25-8-10-27-11-9-25/h2-7,12,14,23H,8-11,13H2,1H3,(H,24,26). The van der Waals surface area contributed by atoms with Crippen LogP contribution in [0, 0.1) is 0 Å². The van der Waals surface area contributed by atoms with Crippen molar-refractivity contribution in [3.8, 4) is 0 Å². The molecule has 1 heterocycles. The summed E-state index contributed by atoms with van der Waals surface area (Å²) in [4.78, 5) is 14.6. The van der Waals surface area contributed by atoms with Crippen molar-refractivity contribution in [2.45, 2.75) is 13.0 Å². The van der Waals surface area contributed by atoms with E-state index in [-0.39, 0.29) is 18.5 Å². The molecule has 2 aromatic carbocycles. The van der Waals surface area contributed by atoms with Gasteiger partial charge in [0.15, 0.2) is 0 Å². The molecule has 2 aromatic rings. The minimum atomic E-state index is -0.102. The molecule has 0 bridgehead atoms. The van der Waals surface area contributed by atoms with Crippen molar-refractivity contribution in [3.63, 3.8) is 0 Å². The van der Waals surface area contributed by atoms with Crippen LogP contribution in [-0.2, 0) is 9.53 Å². The van der Waals surface area contributed by atoms with Crippen LogP contribution in [0.25, 0.3) is 0 Å². The van der Waals surface area contributed by atoms with E-state index >= 15 is 0 Å². The molecular formula is C20H23Cl2N3O2. The third kappa shape index (κ3) is 5.51. The van der Waals surface area contributed by atoms with Gasteiger partial charge in [0.1, 0.15) is 0 Å². The Morgan fingerprint density at radius 1 is 1.11 bits per heavy atom. The topological polar surface area (TPSA) is 53.6 Å². The lowest BCUT2D eigenvalue weighted by atomic mass is 10.1. The molecule has 0 saturated carbocycles. The van der Waals surface area contributed by atoms with Crippen LogP contribution in [0.1, 0.15) is 18.5 Å². The number of ether oxygens (including phenoxy) is 1. The van der Waals surface area contributed by atoms with Gasteiger partial charge in [-0.15, -0.1) is 0 Å². The van der Waals surface area contributed by atoms with Gasteiger partial charge in [0.25, 0.3) is 0 Å². The maximum Gasteiger partial charge on any atom is 0.239 e. The molecule has 2 N–H and O–H groups in total. The smallest absolute Gasteiger partial charge is 0.239 e. The van der Waals surface area contributed by atoms with E-state index in [4.69, 9.17) is 27.9 Å². The van der Waals surface area contributed by atoms with Gasteiger partial charge in [-0.05, 0) is 42.8 Å². The van der Waals surface area contributed by atoms with Crippen LogP contribution in [0.5, 0.6) is 0 Å². The number of nitrogens with zero attached hydrogens (tertiary/aromatic N) is 1. The van der Waals surface area contributed by atoms with E-state index in [9.17, 15) is 4.79 Å². The Morgan fingerprint density at radius 3 is 2.48 bits per heavy atom. The highest BCUT2D eigenvalue weighted by Gasteiger charge is 2.16. The third-order valence-electron chi connectivity index (χ3n) is 4.50. The normalized spacial score (nSPS) is 15.3. The van der Waals surface area contributed by atoms with Gasteiger partial charge in [-0.2, -0.15) is 0 Å². The number of morpholine rings is 1. The summed E-state index contributed by atoms with van der Waals surface area (Å²) < 4.78 is 5.42. The number of amides is 1. The summed E-state index contributed by atoms with van der Waals surface area (Å²) in [6.45, 7) is 5.13. The second-order valence-corrected chi connectivity index (χ2v) is 7.33. The molecule has 1 unspecified atom stereocenters. The van der Waals surface area contributed by atoms with Crippen LogP contribution in [-0.4, -0.2) is 38.8 Å². The fraction of sp³-hybridized carbons (Fsp3) is 0.350. The maximum absolute atomic E-state index is 12.4. The summed E-state index contributed by atoms with van der Waals surface area (Å²) in [5.74, 6) is -0.0923. The Hall–Kier alpha value is -1.95. The summed E-state index contributed by atoms with van der Waals surface area (Å²) in [6, 6.07) is 13.0. The van der Waals surface area contributed by atoms with Crippen molar-refractivity contribution in [2.75, 3.05) is 43.1 Å².